The summed E-state index contributed by atoms with van der Waals surface area (Å²) in [5, 5.41) is 6.69. The van der Waals surface area contributed by atoms with Crippen LogP contribution < -0.4 is 10.2 Å². The van der Waals surface area contributed by atoms with Gasteiger partial charge in [0.15, 0.2) is 5.13 Å². The third kappa shape index (κ3) is 4.44. The van der Waals surface area contributed by atoms with Gasteiger partial charge in [0, 0.05) is 38.7 Å². The fourth-order valence-electron chi connectivity index (χ4n) is 2.73. The first kappa shape index (κ1) is 14.8. The average molecular weight is 283 g/mol. The largest absolute Gasteiger partial charge is 0.383 e. The van der Waals surface area contributed by atoms with Crippen molar-refractivity contribution in [3.63, 3.8) is 0 Å². The molecule has 1 aliphatic rings. The van der Waals surface area contributed by atoms with Crippen LogP contribution >= 0.6 is 11.3 Å². The Bertz CT molecular complexity index is 373. The van der Waals surface area contributed by atoms with Gasteiger partial charge in [-0.15, -0.1) is 11.3 Å². The molecule has 0 radical (unpaired) electrons. The van der Waals surface area contributed by atoms with Crippen LogP contribution in [-0.2, 0) is 11.3 Å². The van der Waals surface area contributed by atoms with E-state index in [2.05, 4.69) is 29.4 Å². The number of aromatic nitrogens is 1. The first-order chi connectivity index (χ1) is 9.19. The highest BCUT2D eigenvalue weighted by molar-refractivity contribution is 7.13. The van der Waals surface area contributed by atoms with Crippen molar-refractivity contribution in [3.8, 4) is 0 Å². The molecule has 0 saturated carbocycles. The predicted octanol–water partition coefficient (Wildman–Crippen LogP) is 2.36. The molecular formula is C14H25N3OS. The number of hydrogen-bond donors (Lipinski definition) is 1. The summed E-state index contributed by atoms with van der Waals surface area (Å²) in [5.74, 6) is 1.55. The van der Waals surface area contributed by atoms with Crippen LogP contribution in [0.25, 0.3) is 0 Å². The monoisotopic (exact) mass is 283 g/mol. The molecule has 1 aromatic heterocycles. The zero-order valence-electron chi connectivity index (χ0n) is 12.2. The van der Waals surface area contributed by atoms with Gasteiger partial charge in [-0.2, -0.15) is 0 Å². The summed E-state index contributed by atoms with van der Waals surface area (Å²) in [5.41, 5.74) is 1.14. The van der Waals surface area contributed by atoms with Crippen LogP contribution in [0, 0.1) is 11.8 Å². The van der Waals surface area contributed by atoms with Crippen molar-refractivity contribution in [1.29, 1.82) is 0 Å². The van der Waals surface area contributed by atoms with E-state index in [1.165, 1.54) is 11.6 Å². The predicted molar refractivity (Wildman–Crippen MR) is 80.9 cm³/mol. The standard InChI is InChI=1S/C14H25N3OS/c1-11-6-12(2)9-17(8-11)14-16-13(10-19-14)7-15-4-5-18-3/h10-12,15H,4-9H2,1-3H3. The van der Waals surface area contributed by atoms with Crippen molar-refractivity contribution < 1.29 is 4.74 Å². The zero-order valence-corrected chi connectivity index (χ0v) is 13.0. The van der Waals surface area contributed by atoms with Gasteiger partial charge < -0.3 is 15.0 Å². The molecule has 108 valence electrons. The molecule has 19 heavy (non-hydrogen) atoms. The van der Waals surface area contributed by atoms with E-state index in [0.29, 0.717) is 0 Å². The summed E-state index contributed by atoms with van der Waals surface area (Å²) in [6.45, 7) is 9.42. The third-order valence-corrected chi connectivity index (χ3v) is 4.42. The molecule has 1 aromatic rings. The molecule has 0 spiro atoms. The molecule has 2 heterocycles. The van der Waals surface area contributed by atoms with E-state index in [-0.39, 0.29) is 0 Å². The minimum atomic E-state index is 0.748. The quantitative estimate of drug-likeness (QED) is 0.813. The van der Waals surface area contributed by atoms with Crippen LogP contribution in [0.15, 0.2) is 5.38 Å². The highest BCUT2D eigenvalue weighted by atomic mass is 32.1. The summed E-state index contributed by atoms with van der Waals surface area (Å²) in [7, 11) is 1.72. The minimum absolute atomic E-state index is 0.748. The van der Waals surface area contributed by atoms with Gasteiger partial charge in [0.25, 0.3) is 0 Å². The molecule has 0 aromatic carbocycles. The number of ether oxygens (including phenoxy) is 1. The van der Waals surface area contributed by atoms with E-state index in [4.69, 9.17) is 9.72 Å². The Morgan fingerprint density at radius 1 is 1.42 bits per heavy atom. The maximum Gasteiger partial charge on any atom is 0.185 e. The lowest BCUT2D eigenvalue weighted by Gasteiger charge is -2.34. The van der Waals surface area contributed by atoms with Gasteiger partial charge in [0.05, 0.1) is 12.3 Å². The Morgan fingerprint density at radius 2 is 2.16 bits per heavy atom. The lowest BCUT2D eigenvalue weighted by molar-refractivity contribution is 0.199. The molecule has 0 amide bonds. The lowest BCUT2D eigenvalue weighted by atomic mass is 9.92. The molecule has 5 heteroatoms. The SMILES string of the molecule is COCCNCc1csc(N2CC(C)CC(C)C2)n1. The minimum Gasteiger partial charge on any atom is -0.383 e. The topological polar surface area (TPSA) is 37.4 Å². The van der Waals surface area contributed by atoms with Crippen LogP contribution in [0.1, 0.15) is 26.0 Å². The number of anilines is 1. The smallest absolute Gasteiger partial charge is 0.185 e. The maximum absolute atomic E-state index is 5.02. The molecule has 2 rings (SSSR count). The molecule has 1 aliphatic heterocycles. The second-order valence-electron chi connectivity index (χ2n) is 5.64. The van der Waals surface area contributed by atoms with Gasteiger partial charge in [-0.05, 0) is 18.3 Å². The number of nitrogens with zero attached hydrogens (tertiary/aromatic N) is 2. The van der Waals surface area contributed by atoms with Crippen LogP contribution in [-0.4, -0.2) is 38.3 Å². The van der Waals surface area contributed by atoms with Crippen LogP contribution in [0.5, 0.6) is 0 Å². The van der Waals surface area contributed by atoms with E-state index in [1.54, 1.807) is 18.4 Å². The Hall–Kier alpha value is -0.650. The summed E-state index contributed by atoms with van der Waals surface area (Å²) >= 11 is 1.77. The van der Waals surface area contributed by atoms with Crippen LogP contribution in [0.3, 0.4) is 0 Å². The van der Waals surface area contributed by atoms with Gasteiger partial charge in [0.1, 0.15) is 0 Å². The van der Waals surface area contributed by atoms with Gasteiger partial charge in [-0.3, -0.25) is 0 Å². The van der Waals surface area contributed by atoms with E-state index < -0.39 is 0 Å². The Balaban J connectivity index is 1.85. The number of thiazole rings is 1. The Kier molecular flexibility index (Phi) is 5.60. The first-order valence-electron chi connectivity index (χ1n) is 7.08. The van der Waals surface area contributed by atoms with Crippen LogP contribution in [0.4, 0.5) is 5.13 Å². The number of methoxy groups -OCH3 is 1. The summed E-state index contributed by atoms with van der Waals surface area (Å²) < 4.78 is 5.02. The highest BCUT2D eigenvalue weighted by Crippen LogP contribution is 2.28. The van der Waals surface area contributed by atoms with E-state index in [9.17, 15) is 0 Å². The maximum atomic E-state index is 5.02. The van der Waals surface area contributed by atoms with Crippen molar-refractivity contribution >= 4 is 16.5 Å². The number of nitrogens with one attached hydrogen (secondary N) is 1. The average Bonchev–Trinajstić information content (AvgIpc) is 2.82. The van der Waals surface area contributed by atoms with Crippen molar-refractivity contribution in [2.75, 3.05) is 38.3 Å². The molecule has 4 nitrogen and oxygen atoms in total. The van der Waals surface area contributed by atoms with Crippen LogP contribution in [0.2, 0.25) is 0 Å². The van der Waals surface area contributed by atoms with Gasteiger partial charge in [-0.25, -0.2) is 4.98 Å². The molecule has 1 N–H and O–H groups in total. The van der Waals surface area contributed by atoms with Gasteiger partial charge in [0.2, 0.25) is 0 Å². The summed E-state index contributed by atoms with van der Waals surface area (Å²) in [4.78, 5) is 7.19. The Labute approximate surface area is 120 Å². The van der Waals surface area contributed by atoms with Gasteiger partial charge >= 0.3 is 0 Å². The highest BCUT2D eigenvalue weighted by Gasteiger charge is 2.23. The number of rotatable bonds is 6. The molecule has 0 bridgehead atoms. The lowest BCUT2D eigenvalue weighted by Crippen LogP contribution is -2.38. The van der Waals surface area contributed by atoms with E-state index >= 15 is 0 Å². The molecule has 2 atom stereocenters. The normalized spacial score (nSPS) is 23.8. The molecule has 0 aliphatic carbocycles. The van der Waals surface area contributed by atoms with E-state index in [1.807, 2.05) is 0 Å². The first-order valence-corrected chi connectivity index (χ1v) is 7.96. The molecular weight excluding hydrogens is 258 g/mol. The third-order valence-electron chi connectivity index (χ3n) is 3.47. The fraction of sp³-hybridized carbons (Fsp3) is 0.786. The second-order valence-corrected chi connectivity index (χ2v) is 6.48. The van der Waals surface area contributed by atoms with Crippen molar-refractivity contribution in [3.05, 3.63) is 11.1 Å². The van der Waals surface area contributed by atoms with Crippen molar-refractivity contribution in [2.45, 2.75) is 26.8 Å². The Morgan fingerprint density at radius 3 is 2.84 bits per heavy atom. The number of piperidine rings is 1. The second kappa shape index (κ2) is 7.22. The molecule has 1 saturated heterocycles. The number of hydrogen-bond acceptors (Lipinski definition) is 5. The summed E-state index contributed by atoms with van der Waals surface area (Å²) in [6.07, 6.45) is 1.34. The van der Waals surface area contributed by atoms with Crippen molar-refractivity contribution in [2.24, 2.45) is 11.8 Å². The molecule has 2 unspecified atom stereocenters. The van der Waals surface area contributed by atoms with Crippen molar-refractivity contribution in [1.82, 2.24) is 10.3 Å². The van der Waals surface area contributed by atoms with E-state index in [0.717, 1.165) is 50.3 Å². The zero-order chi connectivity index (χ0) is 13.7. The fourth-order valence-corrected chi connectivity index (χ4v) is 3.58. The van der Waals surface area contributed by atoms with Gasteiger partial charge in [-0.1, -0.05) is 13.8 Å². The summed E-state index contributed by atoms with van der Waals surface area (Å²) in [6, 6.07) is 0. The molecule has 1 fully saturated rings.